The molecule has 1 aromatic rings. The van der Waals surface area contributed by atoms with Crippen LogP contribution in [0, 0.1) is 5.92 Å². The van der Waals surface area contributed by atoms with Crippen LogP contribution in [0.25, 0.3) is 0 Å². The van der Waals surface area contributed by atoms with Crippen LogP contribution in [0.1, 0.15) is 13.3 Å². The highest BCUT2D eigenvalue weighted by molar-refractivity contribution is 5.42. The van der Waals surface area contributed by atoms with E-state index in [2.05, 4.69) is 22.5 Å². The number of nitrogens with zero attached hydrogens (tertiary/aromatic N) is 1. The Labute approximate surface area is 84.9 Å². The van der Waals surface area contributed by atoms with E-state index in [1.54, 1.807) is 0 Å². The first-order valence-electron chi connectivity index (χ1n) is 5.23. The number of nitrogens with one attached hydrogen (secondary N) is 2. The number of piperidine rings is 1. The van der Waals surface area contributed by atoms with Crippen molar-refractivity contribution in [2.45, 2.75) is 19.4 Å². The Hall–Kier alpha value is -1.09. The van der Waals surface area contributed by atoms with Gasteiger partial charge in [-0.1, -0.05) is 6.92 Å². The third-order valence-corrected chi connectivity index (χ3v) is 2.86. The number of anilines is 1. The van der Waals surface area contributed by atoms with E-state index >= 15 is 0 Å². The molecule has 0 radical (unpaired) electrons. The van der Waals surface area contributed by atoms with Crippen LogP contribution in [0.2, 0.25) is 0 Å². The molecule has 14 heavy (non-hydrogen) atoms. The predicted molar refractivity (Wildman–Crippen MR) is 58.3 cm³/mol. The molecule has 2 atom stereocenters. The third-order valence-electron chi connectivity index (χ3n) is 2.86. The number of hydrogen-bond donors (Lipinski definition) is 2. The molecule has 0 spiro atoms. The van der Waals surface area contributed by atoms with Gasteiger partial charge in [0, 0.05) is 30.7 Å². The van der Waals surface area contributed by atoms with E-state index in [9.17, 15) is 0 Å². The molecule has 1 aromatic heterocycles. The third kappa shape index (κ3) is 2.23. The zero-order valence-electron chi connectivity index (χ0n) is 8.53. The second-order valence-electron chi connectivity index (χ2n) is 3.96. The van der Waals surface area contributed by atoms with Gasteiger partial charge in [-0.25, -0.2) is 0 Å². The van der Waals surface area contributed by atoms with Gasteiger partial charge in [0.25, 0.3) is 0 Å². The minimum atomic E-state index is 0.547. The molecule has 0 aliphatic carbocycles. The molecular formula is C11H17N3. The van der Waals surface area contributed by atoms with Crippen molar-refractivity contribution in [3.05, 3.63) is 24.5 Å². The molecule has 1 fully saturated rings. The minimum Gasteiger partial charge on any atom is -0.381 e. The van der Waals surface area contributed by atoms with Crippen molar-refractivity contribution < 1.29 is 0 Å². The van der Waals surface area contributed by atoms with Crippen LogP contribution in [-0.2, 0) is 0 Å². The molecule has 0 amide bonds. The van der Waals surface area contributed by atoms with Crippen LogP contribution in [0.3, 0.4) is 0 Å². The number of pyridine rings is 1. The molecular weight excluding hydrogens is 174 g/mol. The van der Waals surface area contributed by atoms with Gasteiger partial charge >= 0.3 is 0 Å². The van der Waals surface area contributed by atoms with Gasteiger partial charge in [0.1, 0.15) is 0 Å². The molecule has 1 aliphatic heterocycles. The summed E-state index contributed by atoms with van der Waals surface area (Å²) < 4.78 is 0. The van der Waals surface area contributed by atoms with Crippen LogP contribution in [-0.4, -0.2) is 24.1 Å². The second-order valence-corrected chi connectivity index (χ2v) is 3.96. The summed E-state index contributed by atoms with van der Waals surface area (Å²) in [5.41, 5.74) is 1.17. The number of hydrogen-bond acceptors (Lipinski definition) is 3. The maximum Gasteiger partial charge on any atom is 0.0411 e. The van der Waals surface area contributed by atoms with Gasteiger partial charge in [-0.05, 0) is 31.0 Å². The molecule has 2 heterocycles. The number of aromatic nitrogens is 1. The summed E-state index contributed by atoms with van der Waals surface area (Å²) >= 11 is 0. The van der Waals surface area contributed by atoms with E-state index in [4.69, 9.17) is 0 Å². The van der Waals surface area contributed by atoms with Crippen LogP contribution < -0.4 is 10.6 Å². The second kappa shape index (κ2) is 4.42. The largest absolute Gasteiger partial charge is 0.381 e. The Bertz CT molecular complexity index is 273. The maximum atomic E-state index is 4.00. The first kappa shape index (κ1) is 9.46. The maximum absolute atomic E-state index is 4.00. The molecule has 0 saturated carbocycles. The first-order chi connectivity index (χ1) is 6.86. The van der Waals surface area contributed by atoms with Crippen LogP contribution >= 0.6 is 0 Å². The molecule has 1 saturated heterocycles. The van der Waals surface area contributed by atoms with Gasteiger partial charge in [-0.15, -0.1) is 0 Å². The van der Waals surface area contributed by atoms with Crippen molar-refractivity contribution in [3.63, 3.8) is 0 Å². The summed E-state index contributed by atoms with van der Waals surface area (Å²) in [6.45, 7) is 4.51. The normalized spacial score (nSPS) is 27.2. The van der Waals surface area contributed by atoms with Crippen LogP contribution in [0.15, 0.2) is 24.5 Å². The molecule has 0 aromatic carbocycles. The smallest absolute Gasteiger partial charge is 0.0411 e. The monoisotopic (exact) mass is 191 g/mol. The lowest BCUT2D eigenvalue weighted by molar-refractivity contribution is 0.366. The Morgan fingerprint density at radius 3 is 2.93 bits per heavy atom. The average Bonchev–Trinajstić information content (AvgIpc) is 2.23. The lowest BCUT2D eigenvalue weighted by atomic mass is 9.95. The minimum absolute atomic E-state index is 0.547. The molecule has 2 N–H and O–H groups in total. The van der Waals surface area contributed by atoms with Crippen molar-refractivity contribution in [2.24, 2.45) is 5.92 Å². The average molecular weight is 191 g/mol. The lowest BCUT2D eigenvalue weighted by Gasteiger charge is -2.30. The fourth-order valence-corrected chi connectivity index (χ4v) is 1.85. The van der Waals surface area contributed by atoms with Gasteiger partial charge in [0.15, 0.2) is 0 Å². The van der Waals surface area contributed by atoms with Gasteiger partial charge in [-0.2, -0.15) is 0 Å². The molecule has 76 valence electrons. The Kier molecular flexibility index (Phi) is 2.99. The van der Waals surface area contributed by atoms with E-state index in [0.29, 0.717) is 6.04 Å². The molecule has 2 rings (SSSR count). The van der Waals surface area contributed by atoms with Crippen molar-refractivity contribution in [1.29, 1.82) is 0 Å². The summed E-state index contributed by atoms with van der Waals surface area (Å²) in [4.78, 5) is 4.00. The summed E-state index contributed by atoms with van der Waals surface area (Å²) in [6.07, 6.45) is 4.90. The summed E-state index contributed by atoms with van der Waals surface area (Å²) in [6, 6.07) is 4.58. The SMILES string of the molecule is CC1CCNCC1Nc1ccncc1. The van der Waals surface area contributed by atoms with Gasteiger partial charge in [-0.3, -0.25) is 4.98 Å². The molecule has 2 unspecified atom stereocenters. The quantitative estimate of drug-likeness (QED) is 0.743. The summed E-state index contributed by atoms with van der Waals surface area (Å²) in [5, 5.41) is 6.94. The van der Waals surface area contributed by atoms with E-state index in [0.717, 1.165) is 19.0 Å². The van der Waals surface area contributed by atoms with E-state index < -0.39 is 0 Å². The highest BCUT2D eigenvalue weighted by Gasteiger charge is 2.20. The van der Waals surface area contributed by atoms with E-state index in [1.165, 1.54) is 12.1 Å². The van der Waals surface area contributed by atoms with Crippen molar-refractivity contribution >= 4 is 5.69 Å². The summed E-state index contributed by atoms with van der Waals surface area (Å²) in [5.74, 6) is 0.740. The van der Waals surface area contributed by atoms with Crippen molar-refractivity contribution in [2.75, 3.05) is 18.4 Å². The fourth-order valence-electron chi connectivity index (χ4n) is 1.85. The highest BCUT2D eigenvalue weighted by Crippen LogP contribution is 2.16. The van der Waals surface area contributed by atoms with Crippen molar-refractivity contribution in [3.8, 4) is 0 Å². The van der Waals surface area contributed by atoms with Gasteiger partial charge in [0.05, 0.1) is 0 Å². The van der Waals surface area contributed by atoms with Gasteiger partial charge < -0.3 is 10.6 Å². The van der Waals surface area contributed by atoms with E-state index in [-0.39, 0.29) is 0 Å². The van der Waals surface area contributed by atoms with Crippen LogP contribution in [0.4, 0.5) is 5.69 Å². The fraction of sp³-hybridized carbons (Fsp3) is 0.545. The van der Waals surface area contributed by atoms with Crippen LogP contribution in [0.5, 0.6) is 0 Å². The lowest BCUT2D eigenvalue weighted by Crippen LogP contribution is -2.43. The topological polar surface area (TPSA) is 37.0 Å². The van der Waals surface area contributed by atoms with Gasteiger partial charge in [0.2, 0.25) is 0 Å². The van der Waals surface area contributed by atoms with E-state index in [1.807, 2.05) is 24.5 Å². The summed E-state index contributed by atoms with van der Waals surface area (Å²) in [7, 11) is 0. The molecule has 1 aliphatic rings. The van der Waals surface area contributed by atoms with Crippen molar-refractivity contribution in [1.82, 2.24) is 10.3 Å². The Morgan fingerprint density at radius 1 is 1.43 bits per heavy atom. The highest BCUT2D eigenvalue weighted by atomic mass is 15.0. The standard InChI is InChI=1S/C11H17N3/c1-9-2-5-13-8-11(9)14-10-3-6-12-7-4-10/h3-4,6-7,9,11,13H,2,5,8H2,1H3,(H,12,14). The zero-order valence-corrected chi connectivity index (χ0v) is 8.53. The Balaban J connectivity index is 1.96. The molecule has 3 heteroatoms. The Morgan fingerprint density at radius 2 is 2.21 bits per heavy atom. The first-order valence-corrected chi connectivity index (χ1v) is 5.23. The molecule has 3 nitrogen and oxygen atoms in total. The zero-order chi connectivity index (χ0) is 9.80. The number of rotatable bonds is 2. The predicted octanol–water partition coefficient (Wildman–Crippen LogP) is 1.49. The molecule has 0 bridgehead atoms.